The van der Waals surface area contributed by atoms with Crippen LogP contribution >= 0.6 is 0 Å². The van der Waals surface area contributed by atoms with Crippen molar-refractivity contribution < 1.29 is 33.4 Å². The zero-order valence-electron chi connectivity index (χ0n) is 22.0. The van der Waals surface area contributed by atoms with Gasteiger partial charge in [0.05, 0.1) is 13.0 Å². The first-order valence-electron chi connectivity index (χ1n) is 12.7. The molecule has 0 aromatic carbocycles. The van der Waals surface area contributed by atoms with Crippen LogP contribution in [0.25, 0.3) is 0 Å². The maximum Gasteiger partial charge on any atom is 0.410 e. The van der Waals surface area contributed by atoms with Crippen molar-refractivity contribution in [3.63, 3.8) is 0 Å². The lowest BCUT2D eigenvalue weighted by molar-refractivity contribution is -0.147. The predicted octanol–water partition coefficient (Wildman–Crippen LogP) is 2.35. The van der Waals surface area contributed by atoms with Crippen LogP contribution in [0.1, 0.15) is 65.7 Å². The molecule has 0 aromatic heterocycles. The van der Waals surface area contributed by atoms with E-state index < -0.39 is 17.6 Å². The van der Waals surface area contributed by atoms with Crippen molar-refractivity contribution in [2.75, 3.05) is 47.0 Å². The fraction of sp³-hybridized carbons (Fsp3) is 0.840. The molecule has 2 heterocycles. The number of carbonyl (C=O) groups is 4. The number of esters is 1. The molecule has 10 heteroatoms. The molecule has 200 valence electrons. The number of nitrogens with one attached hydrogen (secondary N) is 1. The second-order valence-electron chi connectivity index (χ2n) is 10.5. The van der Waals surface area contributed by atoms with Gasteiger partial charge in [0.1, 0.15) is 11.6 Å². The quantitative estimate of drug-likeness (QED) is 0.486. The SMILES string of the molecule is COCC[C@H](NC(=O)[C@@H]1CCCN(C(=O)CCC2CCN(C(=O)OC(C)(C)C)CC2)C1)C(=O)OC. The topological polar surface area (TPSA) is 114 Å². The molecule has 0 aliphatic carbocycles. The number of likely N-dealkylation sites (tertiary alicyclic amines) is 2. The molecular weight excluding hydrogens is 454 g/mol. The van der Waals surface area contributed by atoms with Crippen LogP contribution in [0.2, 0.25) is 0 Å². The smallest absolute Gasteiger partial charge is 0.410 e. The average molecular weight is 498 g/mol. The fourth-order valence-electron chi connectivity index (χ4n) is 4.55. The summed E-state index contributed by atoms with van der Waals surface area (Å²) in [5.74, 6) is -0.635. The molecule has 2 fully saturated rings. The highest BCUT2D eigenvalue weighted by atomic mass is 16.6. The molecule has 0 saturated carbocycles. The van der Waals surface area contributed by atoms with Gasteiger partial charge in [-0.1, -0.05) is 0 Å². The van der Waals surface area contributed by atoms with Gasteiger partial charge in [-0.3, -0.25) is 9.59 Å². The number of ether oxygens (including phenoxy) is 3. The summed E-state index contributed by atoms with van der Waals surface area (Å²) in [5, 5.41) is 2.77. The zero-order valence-corrected chi connectivity index (χ0v) is 22.0. The molecule has 2 rings (SSSR count). The van der Waals surface area contributed by atoms with E-state index >= 15 is 0 Å². The molecule has 1 N–H and O–H groups in total. The van der Waals surface area contributed by atoms with E-state index in [0.717, 1.165) is 25.7 Å². The fourth-order valence-corrected chi connectivity index (χ4v) is 4.55. The van der Waals surface area contributed by atoms with E-state index in [9.17, 15) is 19.2 Å². The van der Waals surface area contributed by atoms with Gasteiger partial charge in [0.25, 0.3) is 0 Å². The Bertz CT molecular complexity index is 729. The molecule has 2 aliphatic rings. The first kappa shape index (κ1) is 28.9. The normalized spacial score (nSPS) is 20.2. The Morgan fingerprint density at radius 3 is 2.29 bits per heavy atom. The van der Waals surface area contributed by atoms with Gasteiger partial charge in [-0.15, -0.1) is 0 Å². The summed E-state index contributed by atoms with van der Waals surface area (Å²) in [6.07, 6.45) is 4.40. The summed E-state index contributed by atoms with van der Waals surface area (Å²) in [5.41, 5.74) is -0.506. The standard InChI is InChI=1S/C25H43N3O7/c1-25(2,3)35-24(32)27-14-10-18(11-15-27)8-9-21(29)28-13-6-7-19(17-28)22(30)26-20(12-16-33-4)23(31)34-5/h18-20H,6-17H2,1-5H3,(H,26,30)/t19-,20+/m1/s1. The van der Waals surface area contributed by atoms with Crippen LogP contribution in [0.15, 0.2) is 0 Å². The minimum Gasteiger partial charge on any atom is -0.467 e. The molecule has 35 heavy (non-hydrogen) atoms. The van der Waals surface area contributed by atoms with Gasteiger partial charge in [-0.25, -0.2) is 9.59 Å². The van der Waals surface area contributed by atoms with Crippen molar-refractivity contribution in [2.24, 2.45) is 11.8 Å². The molecular formula is C25H43N3O7. The summed E-state index contributed by atoms with van der Waals surface area (Å²) >= 11 is 0. The van der Waals surface area contributed by atoms with Crippen LogP contribution in [0.4, 0.5) is 4.79 Å². The van der Waals surface area contributed by atoms with Crippen LogP contribution in [0.5, 0.6) is 0 Å². The van der Waals surface area contributed by atoms with Crippen molar-refractivity contribution in [1.29, 1.82) is 0 Å². The van der Waals surface area contributed by atoms with E-state index in [-0.39, 0.29) is 23.8 Å². The third kappa shape index (κ3) is 9.66. The van der Waals surface area contributed by atoms with Crippen LogP contribution < -0.4 is 5.32 Å². The first-order valence-corrected chi connectivity index (χ1v) is 12.7. The summed E-state index contributed by atoms with van der Waals surface area (Å²) in [7, 11) is 2.82. The van der Waals surface area contributed by atoms with Crippen molar-refractivity contribution in [1.82, 2.24) is 15.1 Å². The van der Waals surface area contributed by atoms with Crippen molar-refractivity contribution in [3.05, 3.63) is 0 Å². The molecule has 0 unspecified atom stereocenters. The van der Waals surface area contributed by atoms with Gasteiger partial charge >= 0.3 is 12.1 Å². The summed E-state index contributed by atoms with van der Waals surface area (Å²) in [6, 6.07) is -0.759. The van der Waals surface area contributed by atoms with Gasteiger partial charge in [-0.05, 0) is 58.8 Å². The Morgan fingerprint density at radius 2 is 1.69 bits per heavy atom. The number of rotatable bonds is 9. The van der Waals surface area contributed by atoms with E-state index in [1.165, 1.54) is 14.2 Å². The number of methoxy groups -OCH3 is 2. The molecule has 0 bridgehead atoms. The number of hydrogen-bond acceptors (Lipinski definition) is 7. The second-order valence-corrected chi connectivity index (χ2v) is 10.5. The monoisotopic (exact) mass is 497 g/mol. The Kier molecular flexibility index (Phi) is 11.3. The molecule has 2 aliphatic heterocycles. The second kappa shape index (κ2) is 13.7. The van der Waals surface area contributed by atoms with Gasteiger partial charge in [0.15, 0.2) is 0 Å². The lowest BCUT2D eigenvalue weighted by Gasteiger charge is -2.35. The largest absolute Gasteiger partial charge is 0.467 e. The Hall–Kier alpha value is -2.36. The van der Waals surface area contributed by atoms with Crippen LogP contribution in [0, 0.1) is 11.8 Å². The van der Waals surface area contributed by atoms with Gasteiger partial charge < -0.3 is 29.3 Å². The Balaban J connectivity index is 1.77. The molecule has 2 atom stereocenters. The van der Waals surface area contributed by atoms with E-state index in [0.29, 0.717) is 58.0 Å². The van der Waals surface area contributed by atoms with Crippen LogP contribution in [-0.4, -0.2) is 92.3 Å². The maximum atomic E-state index is 12.9. The maximum absolute atomic E-state index is 12.9. The number of amides is 3. The highest BCUT2D eigenvalue weighted by Crippen LogP contribution is 2.25. The Morgan fingerprint density at radius 1 is 1.00 bits per heavy atom. The van der Waals surface area contributed by atoms with E-state index in [4.69, 9.17) is 14.2 Å². The molecule has 3 amide bonds. The average Bonchev–Trinajstić information content (AvgIpc) is 2.83. The first-order chi connectivity index (χ1) is 16.5. The van der Waals surface area contributed by atoms with Crippen LogP contribution in [-0.2, 0) is 28.6 Å². The molecule has 10 nitrogen and oxygen atoms in total. The molecule has 0 radical (unpaired) electrons. The highest BCUT2D eigenvalue weighted by Gasteiger charge is 2.32. The van der Waals surface area contributed by atoms with E-state index in [1.54, 1.807) is 9.80 Å². The third-order valence-corrected chi connectivity index (χ3v) is 6.59. The van der Waals surface area contributed by atoms with E-state index in [1.807, 2.05) is 20.8 Å². The highest BCUT2D eigenvalue weighted by molar-refractivity contribution is 5.86. The van der Waals surface area contributed by atoms with Crippen molar-refractivity contribution >= 4 is 23.9 Å². The minimum atomic E-state index is -0.759. The number of piperidine rings is 2. The lowest BCUT2D eigenvalue weighted by atomic mass is 9.91. The zero-order chi connectivity index (χ0) is 26.0. The number of nitrogens with zero attached hydrogens (tertiary/aromatic N) is 2. The summed E-state index contributed by atoms with van der Waals surface area (Å²) in [6.45, 7) is 8.19. The number of carbonyl (C=O) groups excluding carboxylic acids is 4. The molecule has 2 saturated heterocycles. The van der Waals surface area contributed by atoms with Crippen molar-refractivity contribution in [3.8, 4) is 0 Å². The van der Waals surface area contributed by atoms with E-state index in [2.05, 4.69) is 5.32 Å². The van der Waals surface area contributed by atoms with Crippen molar-refractivity contribution in [2.45, 2.75) is 77.4 Å². The van der Waals surface area contributed by atoms with Crippen LogP contribution in [0.3, 0.4) is 0 Å². The number of hydrogen-bond donors (Lipinski definition) is 1. The summed E-state index contributed by atoms with van der Waals surface area (Å²) in [4.78, 5) is 53.4. The van der Waals surface area contributed by atoms with Gasteiger partial charge in [-0.2, -0.15) is 0 Å². The summed E-state index contributed by atoms with van der Waals surface area (Å²) < 4.78 is 15.2. The Labute approximate surface area is 209 Å². The van der Waals surface area contributed by atoms with Gasteiger partial charge in [0.2, 0.25) is 11.8 Å². The predicted molar refractivity (Wildman–Crippen MR) is 130 cm³/mol. The lowest BCUT2D eigenvalue weighted by Crippen LogP contribution is -2.50. The molecule has 0 spiro atoms. The third-order valence-electron chi connectivity index (χ3n) is 6.59. The van der Waals surface area contributed by atoms with Gasteiger partial charge in [0, 0.05) is 52.7 Å². The molecule has 0 aromatic rings. The minimum absolute atomic E-state index is 0.0565.